The van der Waals surface area contributed by atoms with Crippen molar-refractivity contribution in [1.29, 1.82) is 0 Å². The lowest BCUT2D eigenvalue weighted by Gasteiger charge is -2.34. The average Bonchev–Trinajstić information content (AvgIpc) is 2.68. The molecule has 148 valence electrons. The minimum Gasteiger partial charge on any atom is -0.497 e. The van der Waals surface area contributed by atoms with Crippen molar-refractivity contribution in [2.45, 2.75) is 13.0 Å². The second-order valence-electron chi connectivity index (χ2n) is 6.92. The number of rotatable bonds is 6. The van der Waals surface area contributed by atoms with Gasteiger partial charge in [-0.1, -0.05) is 0 Å². The van der Waals surface area contributed by atoms with Crippen molar-refractivity contribution in [3.63, 3.8) is 0 Å². The van der Waals surface area contributed by atoms with Gasteiger partial charge in [-0.2, -0.15) is 0 Å². The van der Waals surface area contributed by atoms with Crippen LogP contribution in [0.5, 0.6) is 11.5 Å². The van der Waals surface area contributed by atoms with Crippen molar-refractivity contribution >= 4 is 23.2 Å². The van der Waals surface area contributed by atoms with E-state index in [0.29, 0.717) is 35.0 Å². The van der Waals surface area contributed by atoms with Crippen LogP contribution in [-0.2, 0) is 4.79 Å². The number of carbonyl (C=O) groups excluding carboxylic acids is 2. The normalized spacial score (nSPS) is 15.8. The summed E-state index contributed by atoms with van der Waals surface area (Å²) in [5.41, 5.74) is 1.78. The summed E-state index contributed by atoms with van der Waals surface area (Å²) in [6.45, 7) is 3.01. The van der Waals surface area contributed by atoms with Crippen molar-refractivity contribution in [1.82, 2.24) is 4.90 Å². The van der Waals surface area contributed by atoms with Crippen LogP contribution in [0.2, 0.25) is 0 Å². The lowest BCUT2D eigenvalue weighted by Crippen LogP contribution is -2.46. The Hall–Kier alpha value is -3.06. The predicted octanol–water partition coefficient (Wildman–Crippen LogP) is 2.62. The van der Waals surface area contributed by atoms with Crippen molar-refractivity contribution in [2.75, 3.05) is 44.5 Å². The summed E-state index contributed by atoms with van der Waals surface area (Å²) in [5, 5.41) is 2.87. The van der Waals surface area contributed by atoms with E-state index in [9.17, 15) is 9.59 Å². The first-order chi connectivity index (χ1) is 13.4. The van der Waals surface area contributed by atoms with Crippen LogP contribution in [-0.4, -0.2) is 57.1 Å². The maximum Gasteiger partial charge on any atom is 0.267 e. The first-order valence-corrected chi connectivity index (χ1v) is 9.11. The minimum atomic E-state index is -0.533. The van der Waals surface area contributed by atoms with Gasteiger partial charge in [0.1, 0.15) is 11.5 Å². The Labute approximate surface area is 164 Å². The second kappa shape index (κ2) is 8.31. The van der Waals surface area contributed by atoms with Crippen LogP contribution in [0.3, 0.4) is 0 Å². The number of nitrogens with one attached hydrogen (secondary N) is 1. The number of fused-ring (bicyclic) bond motifs is 1. The Bertz CT molecular complexity index is 864. The van der Waals surface area contributed by atoms with Crippen LogP contribution in [0.15, 0.2) is 42.5 Å². The van der Waals surface area contributed by atoms with Crippen molar-refractivity contribution in [3.8, 4) is 11.5 Å². The maximum atomic E-state index is 12.6. The van der Waals surface area contributed by atoms with Gasteiger partial charge >= 0.3 is 0 Å². The molecule has 0 aromatic heterocycles. The van der Waals surface area contributed by atoms with E-state index in [0.717, 1.165) is 6.54 Å². The molecule has 1 aliphatic rings. The molecule has 0 aliphatic carbocycles. The molecule has 28 heavy (non-hydrogen) atoms. The summed E-state index contributed by atoms with van der Waals surface area (Å²) in [6.07, 6.45) is -0.533. The molecule has 1 unspecified atom stereocenters. The van der Waals surface area contributed by atoms with Gasteiger partial charge in [0.25, 0.3) is 11.8 Å². The summed E-state index contributed by atoms with van der Waals surface area (Å²) < 4.78 is 10.8. The number of likely N-dealkylation sites (N-methyl/N-ethyl adjacent to an activating group) is 1. The zero-order valence-corrected chi connectivity index (χ0v) is 16.6. The van der Waals surface area contributed by atoms with Gasteiger partial charge in [0.15, 0.2) is 6.10 Å². The number of anilines is 2. The summed E-state index contributed by atoms with van der Waals surface area (Å²) >= 11 is 0. The highest BCUT2D eigenvalue weighted by molar-refractivity contribution is 6.05. The monoisotopic (exact) mass is 383 g/mol. The summed E-state index contributed by atoms with van der Waals surface area (Å²) in [4.78, 5) is 28.9. The molecular formula is C21H25N3O4. The molecule has 1 atom stereocenters. The molecule has 0 radical (unpaired) electrons. The van der Waals surface area contributed by atoms with E-state index in [1.807, 2.05) is 19.0 Å². The molecule has 1 N–H and O–H groups in total. The molecule has 0 spiro atoms. The molecule has 0 fully saturated rings. The van der Waals surface area contributed by atoms with Gasteiger partial charge in [0.2, 0.25) is 0 Å². The number of amides is 2. The summed E-state index contributed by atoms with van der Waals surface area (Å²) in [5.74, 6) is 0.992. The zero-order valence-electron chi connectivity index (χ0n) is 16.6. The first kappa shape index (κ1) is 19.7. The lowest BCUT2D eigenvalue weighted by molar-refractivity contribution is -0.125. The van der Waals surface area contributed by atoms with Crippen LogP contribution in [0.25, 0.3) is 0 Å². The zero-order chi connectivity index (χ0) is 20.3. The summed E-state index contributed by atoms with van der Waals surface area (Å²) in [6, 6.07) is 12.2. The molecule has 2 aromatic rings. The standard InChI is InChI=1S/C21H25N3O4/c1-14-21(26)24(12-11-23(2)3)18-13-16(7-10-19(18)28-14)22-20(25)15-5-8-17(27-4)9-6-15/h5-10,13-14H,11-12H2,1-4H3,(H,22,25). The van der Waals surface area contributed by atoms with E-state index < -0.39 is 6.10 Å². The van der Waals surface area contributed by atoms with Gasteiger partial charge in [0.05, 0.1) is 12.8 Å². The fraction of sp³-hybridized carbons (Fsp3) is 0.333. The molecule has 0 bridgehead atoms. The van der Waals surface area contributed by atoms with Gasteiger partial charge in [-0.25, -0.2) is 0 Å². The van der Waals surface area contributed by atoms with Gasteiger partial charge < -0.3 is 24.6 Å². The lowest BCUT2D eigenvalue weighted by atomic mass is 10.1. The van der Waals surface area contributed by atoms with E-state index >= 15 is 0 Å². The Morgan fingerprint density at radius 2 is 1.93 bits per heavy atom. The minimum absolute atomic E-state index is 0.0898. The fourth-order valence-electron chi connectivity index (χ4n) is 2.96. The number of ether oxygens (including phenoxy) is 2. The average molecular weight is 383 g/mol. The Morgan fingerprint density at radius 1 is 1.21 bits per heavy atom. The van der Waals surface area contributed by atoms with Crippen molar-refractivity contribution < 1.29 is 19.1 Å². The number of benzene rings is 2. The molecule has 2 aromatic carbocycles. The van der Waals surface area contributed by atoms with Crippen molar-refractivity contribution in [2.24, 2.45) is 0 Å². The highest BCUT2D eigenvalue weighted by Gasteiger charge is 2.31. The van der Waals surface area contributed by atoms with E-state index in [2.05, 4.69) is 5.32 Å². The van der Waals surface area contributed by atoms with Gasteiger partial charge in [-0.15, -0.1) is 0 Å². The van der Waals surface area contributed by atoms with Crippen LogP contribution in [0.4, 0.5) is 11.4 Å². The number of hydrogen-bond acceptors (Lipinski definition) is 5. The van der Waals surface area contributed by atoms with E-state index in [-0.39, 0.29) is 11.8 Å². The Kier molecular flexibility index (Phi) is 5.84. The Morgan fingerprint density at radius 3 is 2.57 bits per heavy atom. The molecule has 3 rings (SSSR count). The molecule has 7 heteroatoms. The highest BCUT2D eigenvalue weighted by atomic mass is 16.5. The smallest absolute Gasteiger partial charge is 0.267 e. The fourth-order valence-corrected chi connectivity index (χ4v) is 2.96. The SMILES string of the molecule is COc1ccc(C(=O)Nc2ccc3c(c2)N(CCN(C)C)C(=O)C(C)O3)cc1. The number of methoxy groups -OCH3 is 1. The van der Waals surface area contributed by atoms with E-state index in [1.54, 1.807) is 61.4 Å². The molecule has 0 saturated carbocycles. The third kappa shape index (κ3) is 4.26. The van der Waals surface area contributed by atoms with E-state index in [1.165, 1.54) is 0 Å². The molecule has 2 amide bonds. The van der Waals surface area contributed by atoms with Crippen LogP contribution in [0, 0.1) is 0 Å². The molecule has 0 saturated heterocycles. The van der Waals surface area contributed by atoms with Gasteiger partial charge in [-0.3, -0.25) is 9.59 Å². The van der Waals surface area contributed by atoms with Crippen LogP contribution in [0.1, 0.15) is 17.3 Å². The third-order valence-electron chi connectivity index (χ3n) is 4.55. The quantitative estimate of drug-likeness (QED) is 0.830. The van der Waals surface area contributed by atoms with Gasteiger partial charge in [0, 0.05) is 24.3 Å². The Balaban J connectivity index is 1.82. The molecule has 1 aliphatic heterocycles. The predicted molar refractivity (Wildman–Crippen MR) is 108 cm³/mol. The topological polar surface area (TPSA) is 71.1 Å². The van der Waals surface area contributed by atoms with Gasteiger partial charge in [-0.05, 0) is 63.5 Å². The number of nitrogens with zero attached hydrogens (tertiary/aromatic N) is 2. The van der Waals surface area contributed by atoms with E-state index in [4.69, 9.17) is 9.47 Å². The third-order valence-corrected chi connectivity index (χ3v) is 4.55. The molecule has 1 heterocycles. The maximum absolute atomic E-state index is 12.6. The molecule has 7 nitrogen and oxygen atoms in total. The largest absolute Gasteiger partial charge is 0.497 e. The first-order valence-electron chi connectivity index (χ1n) is 9.11. The second-order valence-corrected chi connectivity index (χ2v) is 6.92. The van der Waals surface area contributed by atoms with Crippen molar-refractivity contribution in [3.05, 3.63) is 48.0 Å². The van der Waals surface area contributed by atoms with Crippen LogP contribution >= 0.6 is 0 Å². The van der Waals surface area contributed by atoms with Crippen LogP contribution < -0.4 is 19.7 Å². The number of hydrogen-bond donors (Lipinski definition) is 1. The summed E-state index contributed by atoms with van der Waals surface area (Å²) in [7, 11) is 5.50. The highest BCUT2D eigenvalue weighted by Crippen LogP contribution is 2.36. The number of carbonyl (C=O) groups is 2. The molecular weight excluding hydrogens is 358 g/mol.